The van der Waals surface area contributed by atoms with E-state index in [1.807, 2.05) is 6.92 Å². The summed E-state index contributed by atoms with van der Waals surface area (Å²) in [4.78, 5) is 0. The second-order valence-corrected chi connectivity index (χ2v) is 2.60. The molecule has 0 aliphatic heterocycles. The number of hydrogen-bond donors (Lipinski definition) is 2. The lowest BCUT2D eigenvalue weighted by molar-refractivity contribution is 0.0808. The van der Waals surface area contributed by atoms with Crippen molar-refractivity contribution in [2.75, 3.05) is 20.8 Å². The Morgan fingerprint density at radius 2 is 2.09 bits per heavy atom. The quantitative estimate of drug-likeness (QED) is 0.422. The molecule has 0 radical (unpaired) electrons. The van der Waals surface area contributed by atoms with Crippen molar-refractivity contribution in [2.24, 2.45) is 5.84 Å². The van der Waals surface area contributed by atoms with Crippen LogP contribution in [0.4, 0.5) is 0 Å². The molecule has 4 heteroatoms. The second-order valence-electron chi connectivity index (χ2n) is 2.60. The van der Waals surface area contributed by atoms with Gasteiger partial charge in [0, 0.05) is 20.3 Å². The molecule has 2 unspecified atom stereocenters. The van der Waals surface area contributed by atoms with Crippen molar-refractivity contribution in [3.63, 3.8) is 0 Å². The first-order chi connectivity index (χ1) is 5.24. The van der Waals surface area contributed by atoms with E-state index in [4.69, 9.17) is 15.3 Å². The number of ether oxygens (including phenoxy) is 2. The van der Waals surface area contributed by atoms with Crippen LogP contribution < -0.4 is 11.3 Å². The SMILES string of the molecule is COCC(CC(C)OC)NN. The summed E-state index contributed by atoms with van der Waals surface area (Å²) in [7, 11) is 3.34. The number of nitrogens with one attached hydrogen (secondary N) is 1. The van der Waals surface area contributed by atoms with E-state index < -0.39 is 0 Å². The Labute approximate surface area is 68.0 Å². The van der Waals surface area contributed by atoms with Crippen LogP contribution in [0.25, 0.3) is 0 Å². The van der Waals surface area contributed by atoms with Crippen molar-refractivity contribution >= 4 is 0 Å². The zero-order valence-corrected chi connectivity index (χ0v) is 7.46. The molecule has 0 saturated heterocycles. The van der Waals surface area contributed by atoms with Gasteiger partial charge in [0.25, 0.3) is 0 Å². The highest BCUT2D eigenvalue weighted by Crippen LogP contribution is 2.00. The Balaban J connectivity index is 3.49. The second kappa shape index (κ2) is 6.54. The third-order valence-electron chi connectivity index (χ3n) is 1.62. The summed E-state index contributed by atoms with van der Waals surface area (Å²) in [6, 6.07) is 0.176. The topological polar surface area (TPSA) is 56.5 Å². The molecule has 68 valence electrons. The van der Waals surface area contributed by atoms with Gasteiger partial charge in [-0.15, -0.1) is 0 Å². The first kappa shape index (κ1) is 10.8. The summed E-state index contributed by atoms with van der Waals surface area (Å²) >= 11 is 0. The minimum Gasteiger partial charge on any atom is -0.383 e. The number of nitrogens with two attached hydrogens (primary N) is 1. The molecule has 0 aromatic carbocycles. The van der Waals surface area contributed by atoms with Gasteiger partial charge in [-0.2, -0.15) is 0 Å². The van der Waals surface area contributed by atoms with Gasteiger partial charge in [-0.1, -0.05) is 0 Å². The van der Waals surface area contributed by atoms with Crippen LogP contribution >= 0.6 is 0 Å². The van der Waals surface area contributed by atoms with Crippen molar-refractivity contribution < 1.29 is 9.47 Å². The highest BCUT2D eigenvalue weighted by Gasteiger charge is 2.10. The Bertz CT molecular complexity index is 90.5. The maximum Gasteiger partial charge on any atom is 0.0630 e. The molecule has 0 amide bonds. The Morgan fingerprint density at radius 3 is 2.45 bits per heavy atom. The van der Waals surface area contributed by atoms with Crippen molar-refractivity contribution in [3.05, 3.63) is 0 Å². The summed E-state index contributed by atoms with van der Waals surface area (Å²) in [6.07, 6.45) is 1.08. The van der Waals surface area contributed by atoms with Gasteiger partial charge in [-0.3, -0.25) is 11.3 Å². The third kappa shape index (κ3) is 5.15. The Kier molecular flexibility index (Phi) is 6.45. The minimum absolute atomic E-state index is 0.176. The molecule has 3 N–H and O–H groups in total. The molecule has 0 aromatic heterocycles. The van der Waals surface area contributed by atoms with E-state index >= 15 is 0 Å². The van der Waals surface area contributed by atoms with E-state index in [0.717, 1.165) is 6.42 Å². The van der Waals surface area contributed by atoms with Crippen LogP contribution in [-0.2, 0) is 9.47 Å². The summed E-state index contributed by atoms with van der Waals surface area (Å²) in [5.74, 6) is 5.28. The van der Waals surface area contributed by atoms with Gasteiger partial charge in [0.05, 0.1) is 12.7 Å². The van der Waals surface area contributed by atoms with Crippen molar-refractivity contribution in [1.82, 2.24) is 5.43 Å². The average molecular weight is 162 g/mol. The first-order valence-corrected chi connectivity index (χ1v) is 3.72. The number of hydrogen-bond acceptors (Lipinski definition) is 4. The molecule has 0 spiro atoms. The van der Waals surface area contributed by atoms with E-state index in [2.05, 4.69) is 5.43 Å². The Hall–Kier alpha value is -0.160. The van der Waals surface area contributed by atoms with Gasteiger partial charge in [-0.05, 0) is 13.3 Å². The lowest BCUT2D eigenvalue weighted by Gasteiger charge is -2.18. The van der Waals surface area contributed by atoms with E-state index in [0.29, 0.717) is 6.61 Å². The first-order valence-electron chi connectivity index (χ1n) is 3.72. The molecule has 2 atom stereocenters. The van der Waals surface area contributed by atoms with Gasteiger partial charge < -0.3 is 9.47 Å². The number of rotatable bonds is 6. The van der Waals surface area contributed by atoms with Crippen molar-refractivity contribution in [2.45, 2.75) is 25.5 Å². The lowest BCUT2D eigenvalue weighted by atomic mass is 10.1. The van der Waals surface area contributed by atoms with Gasteiger partial charge in [-0.25, -0.2) is 0 Å². The summed E-state index contributed by atoms with van der Waals surface area (Å²) in [5.41, 5.74) is 2.66. The normalized spacial score (nSPS) is 16.4. The zero-order chi connectivity index (χ0) is 8.69. The van der Waals surface area contributed by atoms with Crippen LogP contribution in [0.2, 0.25) is 0 Å². The largest absolute Gasteiger partial charge is 0.383 e. The van der Waals surface area contributed by atoms with Crippen molar-refractivity contribution in [3.8, 4) is 0 Å². The van der Waals surface area contributed by atoms with Crippen LogP contribution in [0.5, 0.6) is 0 Å². The molecule has 0 aromatic rings. The maximum atomic E-state index is 5.28. The molecular weight excluding hydrogens is 144 g/mol. The van der Waals surface area contributed by atoms with Gasteiger partial charge in [0.1, 0.15) is 0 Å². The molecule has 0 rings (SSSR count). The zero-order valence-electron chi connectivity index (χ0n) is 7.46. The van der Waals surface area contributed by atoms with E-state index in [9.17, 15) is 0 Å². The molecule has 0 fully saturated rings. The van der Waals surface area contributed by atoms with E-state index in [1.165, 1.54) is 0 Å². The average Bonchev–Trinajstić information content (AvgIpc) is 2.03. The van der Waals surface area contributed by atoms with Gasteiger partial charge in [0.15, 0.2) is 0 Å². The monoisotopic (exact) mass is 162 g/mol. The van der Waals surface area contributed by atoms with Crippen LogP contribution in [0.1, 0.15) is 13.3 Å². The predicted octanol–water partition coefficient (Wildman–Crippen LogP) is -0.110. The molecule has 4 nitrogen and oxygen atoms in total. The highest BCUT2D eigenvalue weighted by molar-refractivity contribution is 4.65. The molecule has 0 saturated carbocycles. The molecule has 0 heterocycles. The summed E-state index contributed by atoms with van der Waals surface area (Å²) in [5, 5.41) is 0. The van der Waals surface area contributed by atoms with Crippen LogP contribution in [0.3, 0.4) is 0 Å². The lowest BCUT2D eigenvalue weighted by Crippen LogP contribution is -2.40. The van der Waals surface area contributed by atoms with E-state index in [1.54, 1.807) is 14.2 Å². The van der Waals surface area contributed by atoms with Crippen molar-refractivity contribution in [1.29, 1.82) is 0 Å². The predicted molar refractivity (Wildman–Crippen MR) is 44.1 cm³/mol. The highest BCUT2D eigenvalue weighted by atomic mass is 16.5. The van der Waals surface area contributed by atoms with Gasteiger partial charge >= 0.3 is 0 Å². The van der Waals surface area contributed by atoms with Gasteiger partial charge in [0.2, 0.25) is 0 Å². The fraction of sp³-hybridized carbons (Fsp3) is 1.00. The Morgan fingerprint density at radius 1 is 1.45 bits per heavy atom. The molecule has 11 heavy (non-hydrogen) atoms. The standard InChI is InChI=1S/C7H18N2O2/c1-6(11-3)4-7(9-8)5-10-2/h6-7,9H,4-5,8H2,1-3H3. The number of methoxy groups -OCH3 is 2. The summed E-state index contributed by atoms with van der Waals surface area (Å²) < 4.78 is 10.0. The smallest absolute Gasteiger partial charge is 0.0630 e. The van der Waals surface area contributed by atoms with E-state index in [-0.39, 0.29) is 12.1 Å². The molecule has 0 bridgehead atoms. The maximum absolute atomic E-state index is 5.28. The van der Waals surface area contributed by atoms with Crippen LogP contribution in [-0.4, -0.2) is 33.0 Å². The summed E-state index contributed by atoms with van der Waals surface area (Å²) in [6.45, 7) is 2.62. The van der Waals surface area contributed by atoms with Crippen LogP contribution in [0.15, 0.2) is 0 Å². The molecule has 0 aliphatic carbocycles. The third-order valence-corrected chi connectivity index (χ3v) is 1.62. The molecular formula is C7H18N2O2. The molecule has 0 aliphatic rings. The fourth-order valence-corrected chi connectivity index (χ4v) is 0.882. The number of hydrazine groups is 1. The minimum atomic E-state index is 0.176. The van der Waals surface area contributed by atoms with Crippen LogP contribution in [0, 0.1) is 0 Å². The fourth-order valence-electron chi connectivity index (χ4n) is 0.882.